The third kappa shape index (κ3) is 1.57. The fourth-order valence-electron chi connectivity index (χ4n) is 1.89. The van der Waals surface area contributed by atoms with Crippen molar-refractivity contribution in [1.82, 2.24) is 4.98 Å². The zero-order valence-corrected chi connectivity index (χ0v) is 9.37. The quantitative estimate of drug-likeness (QED) is 0.475. The third-order valence-corrected chi connectivity index (χ3v) is 2.61. The van der Waals surface area contributed by atoms with E-state index in [1.807, 2.05) is 36.5 Å². The zero-order chi connectivity index (χ0) is 10.3. The monoisotopic (exact) mass is 230 g/mol. The lowest BCUT2D eigenvalue weighted by atomic mass is 10.1. The van der Waals surface area contributed by atoms with Gasteiger partial charge < -0.3 is 5.73 Å². The fraction of sp³-hybridized carbons (Fsp3) is 0. The number of nitrogen functional groups attached to an aromatic ring is 1. The number of hydrogen-bond acceptors (Lipinski definition) is 2. The van der Waals surface area contributed by atoms with Gasteiger partial charge in [-0.15, -0.1) is 12.4 Å². The van der Waals surface area contributed by atoms with Crippen molar-refractivity contribution < 1.29 is 0 Å². The number of anilines is 1. The van der Waals surface area contributed by atoms with Crippen LogP contribution in [0.15, 0.2) is 48.7 Å². The second-order valence-electron chi connectivity index (χ2n) is 3.62. The number of halogens is 1. The first-order valence-corrected chi connectivity index (χ1v) is 4.87. The molecule has 0 spiro atoms. The van der Waals surface area contributed by atoms with Crippen LogP contribution in [-0.2, 0) is 0 Å². The molecule has 0 aliphatic rings. The number of nitrogens with zero attached hydrogens (tertiary/aromatic N) is 1. The molecule has 0 fully saturated rings. The van der Waals surface area contributed by atoms with Gasteiger partial charge >= 0.3 is 0 Å². The van der Waals surface area contributed by atoms with E-state index < -0.39 is 0 Å². The second-order valence-corrected chi connectivity index (χ2v) is 3.62. The van der Waals surface area contributed by atoms with Gasteiger partial charge in [-0.25, -0.2) is 0 Å². The van der Waals surface area contributed by atoms with Crippen molar-refractivity contribution in [2.24, 2.45) is 0 Å². The van der Waals surface area contributed by atoms with Crippen LogP contribution in [0, 0.1) is 0 Å². The Morgan fingerprint density at radius 3 is 2.62 bits per heavy atom. The molecule has 0 aliphatic carbocycles. The van der Waals surface area contributed by atoms with Crippen molar-refractivity contribution >= 4 is 39.8 Å². The van der Waals surface area contributed by atoms with Gasteiger partial charge in [0.2, 0.25) is 0 Å². The van der Waals surface area contributed by atoms with E-state index >= 15 is 0 Å². The van der Waals surface area contributed by atoms with Crippen LogP contribution >= 0.6 is 12.4 Å². The standard InChI is InChI=1S/C13H10N2.ClH/c14-10-5-6-11-9(7-10)8-15-13-4-2-1-3-12(11)13;/h1-8H,14H2;1H. The van der Waals surface area contributed by atoms with Crippen LogP contribution in [0.1, 0.15) is 0 Å². The summed E-state index contributed by atoms with van der Waals surface area (Å²) in [5, 5.41) is 3.47. The largest absolute Gasteiger partial charge is 0.399 e. The van der Waals surface area contributed by atoms with E-state index in [1.54, 1.807) is 0 Å². The van der Waals surface area contributed by atoms with Crippen molar-refractivity contribution in [3.63, 3.8) is 0 Å². The van der Waals surface area contributed by atoms with E-state index in [2.05, 4.69) is 17.1 Å². The molecule has 0 radical (unpaired) electrons. The van der Waals surface area contributed by atoms with Crippen LogP contribution in [0.4, 0.5) is 5.69 Å². The van der Waals surface area contributed by atoms with Crippen molar-refractivity contribution in [3.8, 4) is 0 Å². The minimum atomic E-state index is 0. The SMILES string of the molecule is Cl.Nc1ccc2c(cnc3ccccc32)c1. The molecular formula is C13H11ClN2. The first-order valence-electron chi connectivity index (χ1n) is 4.87. The number of hydrogen-bond donors (Lipinski definition) is 1. The summed E-state index contributed by atoms with van der Waals surface area (Å²) in [5.74, 6) is 0. The molecule has 0 aliphatic heterocycles. The zero-order valence-electron chi connectivity index (χ0n) is 8.55. The molecule has 2 N–H and O–H groups in total. The molecular weight excluding hydrogens is 220 g/mol. The molecule has 2 aromatic carbocycles. The van der Waals surface area contributed by atoms with Crippen LogP contribution < -0.4 is 5.73 Å². The normalized spacial score (nSPS) is 10.2. The molecule has 1 aromatic heterocycles. The molecule has 0 atom stereocenters. The van der Waals surface area contributed by atoms with Gasteiger partial charge in [0.15, 0.2) is 0 Å². The summed E-state index contributed by atoms with van der Waals surface area (Å²) >= 11 is 0. The van der Waals surface area contributed by atoms with Crippen molar-refractivity contribution in [2.75, 3.05) is 5.73 Å². The smallest absolute Gasteiger partial charge is 0.0708 e. The molecule has 3 heteroatoms. The van der Waals surface area contributed by atoms with Gasteiger partial charge in [-0.2, -0.15) is 0 Å². The fourth-order valence-corrected chi connectivity index (χ4v) is 1.89. The molecule has 16 heavy (non-hydrogen) atoms. The summed E-state index contributed by atoms with van der Waals surface area (Å²) in [5.41, 5.74) is 7.54. The predicted octanol–water partition coefficient (Wildman–Crippen LogP) is 3.39. The van der Waals surface area contributed by atoms with E-state index in [4.69, 9.17) is 5.73 Å². The maximum atomic E-state index is 5.74. The molecule has 0 amide bonds. The summed E-state index contributed by atoms with van der Waals surface area (Å²) < 4.78 is 0. The lowest BCUT2D eigenvalue weighted by Gasteiger charge is -2.03. The third-order valence-electron chi connectivity index (χ3n) is 2.61. The van der Waals surface area contributed by atoms with Crippen LogP contribution in [0.2, 0.25) is 0 Å². The highest BCUT2D eigenvalue weighted by Crippen LogP contribution is 2.24. The van der Waals surface area contributed by atoms with Gasteiger partial charge in [-0.05, 0) is 23.6 Å². The number of rotatable bonds is 0. The number of fused-ring (bicyclic) bond motifs is 3. The minimum Gasteiger partial charge on any atom is -0.399 e. The van der Waals surface area contributed by atoms with Gasteiger partial charge in [0.1, 0.15) is 0 Å². The summed E-state index contributed by atoms with van der Waals surface area (Å²) in [6.45, 7) is 0. The maximum absolute atomic E-state index is 5.74. The molecule has 0 bridgehead atoms. The van der Waals surface area contributed by atoms with Crippen molar-refractivity contribution in [3.05, 3.63) is 48.7 Å². The molecule has 3 rings (SSSR count). The van der Waals surface area contributed by atoms with Crippen LogP contribution in [-0.4, -0.2) is 4.98 Å². The predicted molar refractivity (Wildman–Crippen MR) is 70.9 cm³/mol. The highest BCUT2D eigenvalue weighted by Gasteiger charge is 2.00. The number of para-hydroxylation sites is 1. The lowest BCUT2D eigenvalue weighted by molar-refractivity contribution is 1.44. The number of aromatic nitrogens is 1. The van der Waals surface area contributed by atoms with Gasteiger partial charge in [0, 0.05) is 22.7 Å². The van der Waals surface area contributed by atoms with Crippen LogP contribution in [0.5, 0.6) is 0 Å². The maximum Gasteiger partial charge on any atom is 0.0708 e. The second kappa shape index (κ2) is 3.99. The summed E-state index contributed by atoms with van der Waals surface area (Å²) in [7, 11) is 0. The topological polar surface area (TPSA) is 38.9 Å². The number of benzene rings is 2. The Balaban J connectivity index is 0.000000963. The highest BCUT2D eigenvalue weighted by atomic mass is 35.5. The lowest BCUT2D eigenvalue weighted by Crippen LogP contribution is -1.86. The Bertz CT molecular complexity index is 650. The first kappa shape index (κ1) is 10.7. The van der Waals surface area contributed by atoms with Gasteiger partial charge in [-0.3, -0.25) is 4.98 Å². The Kier molecular flexibility index (Phi) is 2.67. The molecule has 1 heterocycles. The summed E-state index contributed by atoms with van der Waals surface area (Å²) in [4.78, 5) is 4.39. The Morgan fingerprint density at radius 2 is 1.75 bits per heavy atom. The van der Waals surface area contributed by atoms with Gasteiger partial charge in [0.05, 0.1) is 5.52 Å². The van der Waals surface area contributed by atoms with Gasteiger partial charge in [-0.1, -0.05) is 24.3 Å². The van der Waals surface area contributed by atoms with E-state index in [9.17, 15) is 0 Å². The summed E-state index contributed by atoms with van der Waals surface area (Å²) in [6.07, 6.45) is 1.87. The molecule has 0 unspecified atom stereocenters. The van der Waals surface area contributed by atoms with Crippen LogP contribution in [0.25, 0.3) is 21.7 Å². The van der Waals surface area contributed by atoms with E-state index in [-0.39, 0.29) is 12.4 Å². The molecule has 0 saturated carbocycles. The molecule has 80 valence electrons. The number of pyridine rings is 1. The van der Waals surface area contributed by atoms with E-state index in [0.717, 1.165) is 16.6 Å². The van der Waals surface area contributed by atoms with E-state index in [0.29, 0.717) is 0 Å². The van der Waals surface area contributed by atoms with E-state index in [1.165, 1.54) is 10.8 Å². The van der Waals surface area contributed by atoms with Gasteiger partial charge in [0.25, 0.3) is 0 Å². The van der Waals surface area contributed by atoms with Crippen LogP contribution in [0.3, 0.4) is 0 Å². The first-order chi connectivity index (χ1) is 7.34. The minimum absolute atomic E-state index is 0. The average Bonchev–Trinajstić information content (AvgIpc) is 2.28. The van der Waals surface area contributed by atoms with Crippen molar-refractivity contribution in [2.45, 2.75) is 0 Å². The van der Waals surface area contributed by atoms with Crippen molar-refractivity contribution in [1.29, 1.82) is 0 Å². The average molecular weight is 231 g/mol. The Hall–Kier alpha value is -1.80. The highest BCUT2D eigenvalue weighted by molar-refractivity contribution is 6.05. The molecule has 3 aromatic rings. The Morgan fingerprint density at radius 1 is 0.938 bits per heavy atom. The summed E-state index contributed by atoms with van der Waals surface area (Å²) in [6, 6.07) is 14.1. The number of nitrogens with two attached hydrogens (primary N) is 1. The molecule has 2 nitrogen and oxygen atoms in total. The Labute approximate surface area is 99.5 Å². The molecule has 0 saturated heterocycles.